The smallest absolute Gasteiger partial charge is 0.164 e. The third-order valence-electron chi connectivity index (χ3n) is 9.46. The number of carbonyl (C=O) groups excluding carboxylic acids is 4. The Morgan fingerprint density at radius 1 is 0.365 bits per heavy atom. The highest BCUT2D eigenvalue weighted by Crippen LogP contribution is 2.38. The van der Waals surface area contributed by atoms with Crippen LogP contribution in [0.4, 0.5) is 0 Å². The zero-order valence-electron chi connectivity index (χ0n) is 28.2. The third kappa shape index (κ3) is 4.83. The van der Waals surface area contributed by atoms with E-state index in [1.54, 1.807) is 72.8 Å². The lowest BCUT2D eigenvalue weighted by atomic mass is 10.0. The van der Waals surface area contributed by atoms with Gasteiger partial charge in [-0.3, -0.25) is 19.2 Å². The van der Waals surface area contributed by atoms with Crippen molar-refractivity contribution in [3.05, 3.63) is 95.1 Å². The molecule has 250 valence electrons. The number of hydrogen-bond donors (Lipinski definition) is 2. The number of hydrogen-bond acceptors (Lipinski definition) is 10. The summed E-state index contributed by atoms with van der Waals surface area (Å²) in [7, 11) is 0. The minimum absolute atomic E-state index is 0.111. The average molecular weight is 683 g/mol. The predicted molar refractivity (Wildman–Crippen MR) is 196 cm³/mol. The number of rotatable bonds is 4. The Kier molecular flexibility index (Phi) is 6.68. The number of ketones is 4. The Balaban J connectivity index is 1.48. The molecule has 8 bridgehead atoms. The van der Waals surface area contributed by atoms with Crippen molar-refractivity contribution in [2.75, 3.05) is 0 Å². The van der Waals surface area contributed by atoms with Crippen LogP contribution in [0.1, 0.15) is 69.1 Å². The topological polar surface area (TPSA) is 177 Å². The van der Waals surface area contributed by atoms with Crippen molar-refractivity contribution in [2.24, 2.45) is 0 Å². The van der Waals surface area contributed by atoms with Crippen LogP contribution in [-0.4, -0.2) is 63.0 Å². The average Bonchev–Trinajstić information content (AvgIpc) is 3.85. The first kappa shape index (κ1) is 30.9. The van der Waals surface area contributed by atoms with Crippen molar-refractivity contribution in [3.63, 3.8) is 0 Å². The van der Waals surface area contributed by atoms with Gasteiger partial charge in [0.05, 0.1) is 0 Å². The Morgan fingerprint density at radius 3 is 1.04 bits per heavy atom. The van der Waals surface area contributed by atoms with E-state index in [1.165, 1.54) is 27.7 Å². The molecule has 2 aliphatic rings. The van der Waals surface area contributed by atoms with E-state index in [9.17, 15) is 19.2 Å². The zero-order chi connectivity index (χ0) is 36.0. The van der Waals surface area contributed by atoms with Gasteiger partial charge in [-0.15, -0.1) is 0 Å². The molecule has 0 aliphatic carbocycles. The standard InChI is InChI=1S/C40H26N8O4/c1-17(49)21-5-9-25-29(13-21)37-41-33(25)46-38-31-15-23(19(3)51)7-11-27(31)35(43-38)48-40-32-16-24(20(4)52)8-12-28(32)36(44-40)47-39-30-14-22(18(2)50)6-10-26(30)34(42-39)45-37/h5-16H,1-4H3,(H2,41,42,43,44,45,46,47,48). The second-order valence-electron chi connectivity index (χ2n) is 12.9. The van der Waals surface area contributed by atoms with E-state index in [4.69, 9.17) is 29.9 Å². The fraction of sp³-hybridized carbons (Fsp3) is 0.100. The first-order valence-corrected chi connectivity index (χ1v) is 16.5. The van der Waals surface area contributed by atoms with E-state index < -0.39 is 0 Å². The molecule has 2 aliphatic heterocycles. The van der Waals surface area contributed by atoms with Crippen molar-refractivity contribution in [1.82, 2.24) is 39.9 Å². The highest BCUT2D eigenvalue weighted by Gasteiger charge is 2.24. The summed E-state index contributed by atoms with van der Waals surface area (Å²) < 4.78 is 0. The number of nitrogens with one attached hydrogen (secondary N) is 2. The molecule has 5 heterocycles. The SMILES string of the molecule is CC(=O)c1ccc2c(c1)-c1nc-2nc2[nH]c(nc3nc(nc4[nH]c(n1)c1ccc(C(C)=O)cc41)-c1ccc(C(C)=O)cc1-3)c1ccc(C(C)=O)cc21. The van der Waals surface area contributed by atoms with Gasteiger partial charge < -0.3 is 9.97 Å². The van der Waals surface area contributed by atoms with Gasteiger partial charge in [0.15, 0.2) is 46.4 Å². The van der Waals surface area contributed by atoms with E-state index in [-0.39, 0.29) is 23.1 Å². The predicted octanol–water partition coefficient (Wildman–Crippen LogP) is 7.68. The Hall–Kier alpha value is -7.08. The van der Waals surface area contributed by atoms with Gasteiger partial charge in [-0.1, -0.05) is 24.3 Å². The van der Waals surface area contributed by atoms with Crippen molar-refractivity contribution >= 4 is 67.3 Å². The third-order valence-corrected chi connectivity index (χ3v) is 9.46. The number of fused-ring (bicyclic) bond motifs is 20. The molecule has 0 saturated carbocycles. The zero-order valence-corrected chi connectivity index (χ0v) is 28.2. The van der Waals surface area contributed by atoms with E-state index >= 15 is 0 Å². The molecule has 12 nitrogen and oxygen atoms in total. The summed E-state index contributed by atoms with van der Waals surface area (Å²) in [6.07, 6.45) is 0. The lowest BCUT2D eigenvalue weighted by Crippen LogP contribution is -1.93. The molecular weight excluding hydrogens is 656 g/mol. The highest BCUT2D eigenvalue weighted by molar-refractivity contribution is 6.10. The number of H-pyrrole nitrogens is 2. The van der Waals surface area contributed by atoms with Crippen molar-refractivity contribution in [2.45, 2.75) is 27.7 Å². The minimum Gasteiger partial charge on any atom is -0.324 e. The first-order valence-electron chi connectivity index (χ1n) is 16.5. The van der Waals surface area contributed by atoms with Gasteiger partial charge >= 0.3 is 0 Å². The van der Waals surface area contributed by atoms with Gasteiger partial charge in [0.1, 0.15) is 22.6 Å². The van der Waals surface area contributed by atoms with Crippen molar-refractivity contribution in [1.29, 1.82) is 0 Å². The number of aromatic amines is 2. The molecule has 2 N–H and O–H groups in total. The quantitative estimate of drug-likeness (QED) is 0.175. The van der Waals surface area contributed by atoms with Gasteiger partial charge in [-0.2, -0.15) is 0 Å². The largest absolute Gasteiger partial charge is 0.324 e. The van der Waals surface area contributed by atoms with Crippen LogP contribution in [-0.2, 0) is 0 Å². The van der Waals surface area contributed by atoms with Crippen molar-refractivity contribution < 1.29 is 19.2 Å². The number of carbonyl (C=O) groups is 4. The van der Waals surface area contributed by atoms with Crippen LogP contribution in [0.3, 0.4) is 0 Å². The van der Waals surface area contributed by atoms with E-state index in [2.05, 4.69) is 9.97 Å². The van der Waals surface area contributed by atoms with Gasteiger partial charge in [0.25, 0.3) is 0 Å². The van der Waals surface area contributed by atoms with E-state index in [0.717, 1.165) is 0 Å². The van der Waals surface area contributed by atoms with Crippen LogP contribution in [0.25, 0.3) is 89.7 Å². The lowest BCUT2D eigenvalue weighted by molar-refractivity contribution is 0.100. The van der Waals surface area contributed by atoms with Gasteiger partial charge in [-0.25, -0.2) is 29.9 Å². The Labute approximate surface area is 294 Å². The minimum atomic E-state index is -0.114. The fourth-order valence-electron chi connectivity index (χ4n) is 6.67. The highest BCUT2D eigenvalue weighted by atomic mass is 16.1. The molecule has 9 rings (SSSR count). The second-order valence-corrected chi connectivity index (χ2v) is 12.9. The van der Waals surface area contributed by atoms with Crippen LogP contribution in [0.5, 0.6) is 0 Å². The molecule has 0 unspecified atom stereocenters. The van der Waals surface area contributed by atoms with Crippen LogP contribution < -0.4 is 0 Å². The molecule has 0 saturated heterocycles. The number of nitrogens with zero attached hydrogens (tertiary/aromatic N) is 6. The number of aromatic nitrogens is 8. The summed E-state index contributed by atoms with van der Waals surface area (Å²) >= 11 is 0. The van der Waals surface area contributed by atoms with E-state index in [1.807, 2.05) is 0 Å². The van der Waals surface area contributed by atoms with Crippen molar-refractivity contribution in [3.8, 4) is 45.6 Å². The summed E-state index contributed by atoms with van der Waals surface area (Å²) in [5, 5.41) is 2.64. The maximum atomic E-state index is 12.5. The first-order chi connectivity index (χ1) is 25.0. The molecule has 0 amide bonds. The van der Waals surface area contributed by atoms with Gasteiger partial charge in [-0.05, 0) is 76.2 Å². The molecule has 0 fully saturated rings. The molecule has 0 radical (unpaired) electrons. The van der Waals surface area contributed by atoms with Gasteiger partial charge in [0.2, 0.25) is 0 Å². The van der Waals surface area contributed by atoms with Crippen LogP contribution >= 0.6 is 0 Å². The fourth-order valence-corrected chi connectivity index (χ4v) is 6.67. The van der Waals surface area contributed by atoms with E-state index in [0.29, 0.717) is 112 Å². The molecule has 0 atom stereocenters. The summed E-state index contributed by atoms with van der Waals surface area (Å²) in [6.45, 7) is 5.99. The lowest BCUT2D eigenvalue weighted by Gasteiger charge is -2.01. The summed E-state index contributed by atoms with van der Waals surface area (Å²) in [5.41, 5.74) is 6.14. The maximum Gasteiger partial charge on any atom is 0.164 e. The van der Waals surface area contributed by atoms with Gasteiger partial charge in [0, 0.05) is 66.1 Å². The maximum absolute atomic E-state index is 12.5. The molecule has 0 spiro atoms. The molecule has 4 aromatic carbocycles. The summed E-state index contributed by atoms with van der Waals surface area (Å²) in [5.74, 6) is 0.853. The Morgan fingerprint density at radius 2 is 0.673 bits per heavy atom. The van der Waals surface area contributed by atoms with Crippen LogP contribution in [0.2, 0.25) is 0 Å². The number of benzene rings is 4. The summed E-state index contributed by atoms with van der Waals surface area (Å²) in [4.78, 5) is 86.2. The normalized spacial score (nSPS) is 11.8. The molecule has 52 heavy (non-hydrogen) atoms. The second kappa shape index (κ2) is 11.2. The number of Topliss-reactive ketones (excluding diaryl/α,β-unsaturated/α-hetero) is 4. The molecular formula is C40H26N8O4. The summed E-state index contributed by atoms with van der Waals surface area (Å²) in [6, 6.07) is 21.1. The Bertz CT molecular complexity index is 2790. The molecule has 3 aromatic heterocycles. The molecule has 12 heteroatoms. The molecule has 7 aromatic rings. The van der Waals surface area contributed by atoms with Crippen LogP contribution in [0.15, 0.2) is 72.8 Å². The monoisotopic (exact) mass is 682 g/mol. The van der Waals surface area contributed by atoms with Crippen LogP contribution in [0, 0.1) is 0 Å².